The molecule has 2 saturated heterocycles. The van der Waals surface area contributed by atoms with Crippen LogP contribution in [-0.4, -0.2) is 69.7 Å². The van der Waals surface area contributed by atoms with Crippen LogP contribution in [0.5, 0.6) is 0 Å². The van der Waals surface area contributed by atoms with Gasteiger partial charge in [-0.15, -0.1) is 11.3 Å². The van der Waals surface area contributed by atoms with E-state index in [2.05, 4.69) is 0 Å². The van der Waals surface area contributed by atoms with Crippen molar-refractivity contribution in [2.24, 2.45) is 5.92 Å². The van der Waals surface area contributed by atoms with Gasteiger partial charge in [0, 0.05) is 26.1 Å². The molecule has 0 radical (unpaired) electrons. The van der Waals surface area contributed by atoms with Gasteiger partial charge in [0.2, 0.25) is 5.91 Å². The summed E-state index contributed by atoms with van der Waals surface area (Å²) in [5.41, 5.74) is 0. The van der Waals surface area contributed by atoms with E-state index in [1.165, 1.54) is 7.05 Å². The van der Waals surface area contributed by atoms with Gasteiger partial charge in [-0.05, 0) is 24.3 Å². The summed E-state index contributed by atoms with van der Waals surface area (Å²) >= 11 is 1.15. The number of piperidine rings is 1. The molecule has 0 bridgehead atoms. The lowest BCUT2D eigenvalue weighted by molar-refractivity contribution is -0.139. The summed E-state index contributed by atoms with van der Waals surface area (Å²) in [4.78, 5) is 14.2. The van der Waals surface area contributed by atoms with Crippen LogP contribution in [0.2, 0.25) is 0 Å². The summed E-state index contributed by atoms with van der Waals surface area (Å²) in [7, 11) is -2.16. The Morgan fingerprint density at radius 2 is 2.17 bits per heavy atom. The van der Waals surface area contributed by atoms with E-state index in [9.17, 15) is 13.2 Å². The average Bonchev–Trinajstić information content (AvgIpc) is 3.28. The molecule has 2 aliphatic heterocycles. The summed E-state index contributed by atoms with van der Waals surface area (Å²) < 4.78 is 37.3. The normalized spacial score (nSPS) is 23.1. The zero-order valence-corrected chi connectivity index (χ0v) is 15.2. The number of hydrogen-bond acceptors (Lipinski definition) is 6. The van der Waals surface area contributed by atoms with E-state index in [1.807, 2.05) is 0 Å². The third kappa shape index (κ3) is 3.80. The van der Waals surface area contributed by atoms with Gasteiger partial charge in [-0.2, -0.15) is 4.31 Å². The maximum absolute atomic E-state index is 12.5. The minimum Gasteiger partial charge on any atom is -0.350 e. The highest BCUT2D eigenvalue weighted by atomic mass is 32.2. The van der Waals surface area contributed by atoms with Crippen molar-refractivity contribution in [2.45, 2.75) is 23.3 Å². The van der Waals surface area contributed by atoms with Crippen LogP contribution in [0.15, 0.2) is 21.7 Å². The van der Waals surface area contributed by atoms with Crippen molar-refractivity contribution in [3.8, 4) is 0 Å². The fourth-order valence-corrected chi connectivity index (χ4v) is 5.37. The third-order valence-electron chi connectivity index (χ3n) is 4.36. The topological polar surface area (TPSA) is 76.2 Å². The van der Waals surface area contributed by atoms with E-state index in [-0.39, 0.29) is 28.9 Å². The Morgan fingerprint density at radius 3 is 2.83 bits per heavy atom. The molecule has 0 aromatic carbocycles. The summed E-state index contributed by atoms with van der Waals surface area (Å²) in [6.07, 6.45) is 1.59. The molecule has 24 heavy (non-hydrogen) atoms. The zero-order chi connectivity index (χ0) is 17.2. The number of hydrogen-bond donors (Lipinski definition) is 0. The quantitative estimate of drug-likeness (QED) is 0.768. The maximum atomic E-state index is 12.5. The summed E-state index contributed by atoms with van der Waals surface area (Å²) in [6, 6.07) is 3.23. The number of likely N-dealkylation sites (N-methyl/N-ethyl adjacent to an activating group) is 1. The molecule has 1 unspecified atom stereocenters. The van der Waals surface area contributed by atoms with Crippen LogP contribution in [0.3, 0.4) is 0 Å². The SMILES string of the molecule is CN(CC(=O)N1CCCC(C2OCCO2)C1)S(=O)(=O)c1cccs1. The third-order valence-corrected chi connectivity index (χ3v) is 7.54. The molecular weight excluding hydrogens is 352 g/mol. The van der Waals surface area contributed by atoms with Crippen LogP contribution >= 0.6 is 11.3 Å². The first-order chi connectivity index (χ1) is 11.5. The predicted octanol–water partition coefficient (Wildman–Crippen LogP) is 0.980. The second-order valence-corrected chi connectivity index (χ2v) is 9.26. The monoisotopic (exact) mass is 374 g/mol. The minimum absolute atomic E-state index is 0.153. The first-order valence-electron chi connectivity index (χ1n) is 7.99. The van der Waals surface area contributed by atoms with Gasteiger partial charge < -0.3 is 14.4 Å². The molecule has 0 saturated carbocycles. The van der Waals surface area contributed by atoms with Gasteiger partial charge in [-0.1, -0.05) is 6.07 Å². The molecule has 1 atom stereocenters. The predicted molar refractivity (Wildman–Crippen MR) is 89.1 cm³/mol. The molecule has 3 heterocycles. The van der Waals surface area contributed by atoms with Gasteiger partial charge in [-0.25, -0.2) is 8.42 Å². The van der Waals surface area contributed by atoms with Gasteiger partial charge >= 0.3 is 0 Å². The number of carbonyl (C=O) groups excluding carboxylic acids is 1. The highest BCUT2D eigenvalue weighted by Gasteiger charge is 2.34. The second-order valence-electron chi connectivity index (χ2n) is 6.05. The molecule has 0 aliphatic carbocycles. The van der Waals surface area contributed by atoms with Crippen LogP contribution in [-0.2, 0) is 24.3 Å². The van der Waals surface area contributed by atoms with E-state index in [0.29, 0.717) is 26.3 Å². The fraction of sp³-hybridized carbons (Fsp3) is 0.667. The molecule has 2 fully saturated rings. The number of likely N-dealkylation sites (tertiary alicyclic amines) is 1. The molecule has 134 valence electrons. The lowest BCUT2D eigenvalue weighted by Gasteiger charge is -2.35. The average molecular weight is 374 g/mol. The van der Waals surface area contributed by atoms with Crippen molar-refractivity contribution in [3.05, 3.63) is 17.5 Å². The van der Waals surface area contributed by atoms with Gasteiger partial charge in [0.15, 0.2) is 6.29 Å². The molecule has 2 aliphatic rings. The molecular formula is C15H22N2O5S2. The van der Waals surface area contributed by atoms with E-state index in [0.717, 1.165) is 28.5 Å². The van der Waals surface area contributed by atoms with Crippen molar-refractivity contribution >= 4 is 27.3 Å². The number of nitrogens with zero attached hydrogens (tertiary/aromatic N) is 2. The van der Waals surface area contributed by atoms with Crippen molar-refractivity contribution < 1.29 is 22.7 Å². The fourth-order valence-electron chi connectivity index (χ4n) is 3.05. The Hall–Kier alpha value is -1.00. The first-order valence-corrected chi connectivity index (χ1v) is 10.3. The number of ether oxygens (including phenoxy) is 2. The van der Waals surface area contributed by atoms with Crippen LogP contribution in [0.4, 0.5) is 0 Å². The molecule has 9 heteroatoms. The van der Waals surface area contributed by atoms with Crippen LogP contribution in [0.25, 0.3) is 0 Å². The first kappa shape index (κ1) is 17.8. The lowest BCUT2D eigenvalue weighted by Crippen LogP contribution is -2.47. The highest BCUT2D eigenvalue weighted by molar-refractivity contribution is 7.91. The summed E-state index contributed by atoms with van der Waals surface area (Å²) in [6.45, 7) is 2.23. The standard InChI is InChI=1S/C15H22N2O5S2/c1-16(24(19,20)14-5-3-9-23-14)11-13(18)17-6-2-4-12(10-17)15-21-7-8-22-15/h3,5,9,12,15H,2,4,6-8,10-11H2,1H3. The molecule has 3 rings (SSSR count). The number of rotatable bonds is 5. The van der Waals surface area contributed by atoms with E-state index >= 15 is 0 Å². The molecule has 1 aromatic heterocycles. The second kappa shape index (κ2) is 7.49. The van der Waals surface area contributed by atoms with Gasteiger partial charge in [0.1, 0.15) is 4.21 Å². The molecule has 1 aromatic rings. The number of amides is 1. The summed E-state index contributed by atoms with van der Waals surface area (Å²) in [5.74, 6) is -0.0234. The van der Waals surface area contributed by atoms with Crippen molar-refractivity contribution in [3.63, 3.8) is 0 Å². The van der Waals surface area contributed by atoms with Gasteiger partial charge in [-0.3, -0.25) is 4.79 Å². The van der Waals surface area contributed by atoms with Crippen molar-refractivity contribution in [2.75, 3.05) is 39.9 Å². The Balaban J connectivity index is 1.59. The van der Waals surface area contributed by atoms with Gasteiger partial charge in [0.25, 0.3) is 10.0 Å². The largest absolute Gasteiger partial charge is 0.350 e. The Labute approximate surface area is 146 Å². The Morgan fingerprint density at radius 1 is 1.42 bits per heavy atom. The highest BCUT2D eigenvalue weighted by Crippen LogP contribution is 2.25. The van der Waals surface area contributed by atoms with Gasteiger partial charge in [0.05, 0.1) is 19.8 Å². The maximum Gasteiger partial charge on any atom is 0.252 e. The van der Waals surface area contributed by atoms with E-state index < -0.39 is 10.0 Å². The molecule has 0 spiro atoms. The van der Waals surface area contributed by atoms with E-state index in [1.54, 1.807) is 22.4 Å². The van der Waals surface area contributed by atoms with Crippen molar-refractivity contribution in [1.82, 2.24) is 9.21 Å². The summed E-state index contributed by atoms with van der Waals surface area (Å²) in [5, 5.41) is 1.71. The van der Waals surface area contributed by atoms with Crippen molar-refractivity contribution in [1.29, 1.82) is 0 Å². The lowest BCUT2D eigenvalue weighted by atomic mass is 9.97. The van der Waals surface area contributed by atoms with E-state index in [4.69, 9.17) is 9.47 Å². The zero-order valence-electron chi connectivity index (χ0n) is 13.6. The smallest absolute Gasteiger partial charge is 0.252 e. The Bertz CT molecular complexity index is 655. The molecule has 0 N–H and O–H groups in total. The van der Waals surface area contributed by atoms with Crippen LogP contribution in [0.1, 0.15) is 12.8 Å². The number of carbonyl (C=O) groups is 1. The molecule has 7 nitrogen and oxygen atoms in total. The molecule has 1 amide bonds. The van der Waals surface area contributed by atoms with Crippen LogP contribution < -0.4 is 0 Å². The number of thiophene rings is 1. The Kier molecular flexibility index (Phi) is 5.56. The minimum atomic E-state index is -3.60. The number of sulfonamides is 1. The van der Waals surface area contributed by atoms with Crippen LogP contribution in [0, 0.1) is 5.92 Å².